The highest BCUT2D eigenvalue weighted by Gasteiger charge is 2.36. The first kappa shape index (κ1) is 14.5. The van der Waals surface area contributed by atoms with Gasteiger partial charge < -0.3 is 4.90 Å². The Bertz CT molecular complexity index is 715. The van der Waals surface area contributed by atoms with E-state index in [1.807, 2.05) is 0 Å². The summed E-state index contributed by atoms with van der Waals surface area (Å²) in [6, 6.07) is 17.4. The maximum Gasteiger partial charge on any atom is 0.226 e. The maximum absolute atomic E-state index is 13.0. The summed E-state index contributed by atoms with van der Waals surface area (Å²) in [5.74, 6) is 0.615. The Morgan fingerprint density at radius 3 is 2.48 bits per heavy atom. The topological polar surface area (TPSA) is 20.3 Å². The largest absolute Gasteiger partial charge is 0.331 e. The van der Waals surface area contributed by atoms with Gasteiger partial charge in [0.25, 0.3) is 0 Å². The van der Waals surface area contributed by atoms with Crippen LogP contribution in [0.5, 0.6) is 0 Å². The van der Waals surface area contributed by atoms with E-state index in [0.717, 1.165) is 25.8 Å². The van der Waals surface area contributed by atoms with E-state index in [2.05, 4.69) is 60.4 Å². The summed E-state index contributed by atoms with van der Waals surface area (Å²) < 4.78 is 0. The molecule has 1 atom stereocenters. The van der Waals surface area contributed by atoms with Crippen molar-refractivity contribution in [2.45, 2.75) is 38.6 Å². The molecular formula is C21H23NO. The number of hydrogen-bond donors (Lipinski definition) is 0. The molecular weight excluding hydrogens is 282 g/mol. The van der Waals surface area contributed by atoms with E-state index in [4.69, 9.17) is 0 Å². The summed E-state index contributed by atoms with van der Waals surface area (Å²) >= 11 is 0. The predicted molar refractivity (Wildman–Crippen MR) is 92.2 cm³/mol. The van der Waals surface area contributed by atoms with Crippen LogP contribution in [0.1, 0.15) is 47.6 Å². The fraction of sp³-hybridized carbons (Fsp3) is 0.381. The average Bonchev–Trinajstić information content (AvgIpc) is 2.53. The van der Waals surface area contributed by atoms with Crippen molar-refractivity contribution < 1.29 is 4.79 Å². The number of nitrogens with zero attached hydrogens (tertiary/aromatic N) is 1. The fourth-order valence-electron chi connectivity index (χ4n) is 3.80. The third-order valence-corrected chi connectivity index (χ3v) is 5.41. The van der Waals surface area contributed by atoms with Crippen LogP contribution in [-0.4, -0.2) is 17.4 Å². The molecule has 1 saturated carbocycles. The van der Waals surface area contributed by atoms with Gasteiger partial charge in [0.2, 0.25) is 5.91 Å². The zero-order valence-electron chi connectivity index (χ0n) is 13.7. The van der Waals surface area contributed by atoms with Crippen LogP contribution in [0.2, 0.25) is 0 Å². The number of benzene rings is 2. The molecule has 0 spiro atoms. The summed E-state index contributed by atoms with van der Waals surface area (Å²) in [5.41, 5.74) is 5.18. The van der Waals surface area contributed by atoms with Gasteiger partial charge in [-0.25, -0.2) is 0 Å². The Morgan fingerprint density at radius 2 is 1.78 bits per heavy atom. The number of hydrogen-bond acceptors (Lipinski definition) is 1. The van der Waals surface area contributed by atoms with E-state index in [0.29, 0.717) is 5.91 Å². The number of amides is 1. The van der Waals surface area contributed by atoms with Crippen molar-refractivity contribution in [1.29, 1.82) is 0 Å². The fourth-order valence-corrected chi connectivity index (χ4v) is 3.80. The maximum atomic E-state index is 13.0. The molecule has 1 heterocycles. The van der Waals surface area contributed by atoms with E-state index in [9.17, 15) is 4.79 Å². The van der Waals surface area contributed by atoms with Crippen LogP contribution in [0.3, 0.4) is 0 Å². The lowest BCUT2D eigenvalue weighted by molar-refractivity contribution is -0.140. The van der Waals surface area contributed by atoms with Crippen LogP contribution in [0, 0.1) is 12.8 Å². The minimum atomic E-state index is 0.0775. The van der Waals surface area contributed by atoms with Crippen molar-refractivity contribution in [3.05, 3.63) is 70.8 Å². The lowest BCUT2D eigenvalue weighted by Gasteiger charge is -2.41. The first-order chi connectivity index (χ1) is 11.2. The average molecular weight is 305 g/mol. The smallest absolute Gasteiger partial charge is 0.226 e. The highest BCUT2D eigenvalue weighted by molar-refractivity contribution is 5.81. The number of carbonyl (C=O) groups is 1. The van der Waals surface area contributed by atoms with Gasteiger partial charge in [-0.15, -0.1) is 0 Å². The van der Waals surface area contributed by atoms with Crippen molar-refractivity contribution in [1.82, 2.24) is 4.90 Å². The summed E-state index contributed by atoms with van der Waals surface area (Å²) in [6.45, 7) is 2.95. The Hall–Kier alpha value is -2.09. The molecule has 2 heteroatoms. The third-order valence-electron chi connectivity index (χ3n) is 5.41. The molecule has 0 radical (unpaired) electrons. The van der Waals surface area contributed by atoms with Gasteiger partial charge in [0.05, 0.1) is 6.04 Å². The van der Waals surface area contributed by atoms with Crippen LogP contribution in [0.4, 0.5) is 0 Å². The molecule has 1 unspecified atom stereocenters. The lowest BCUT2D eigenvalue weighted by atomic mass is 9.81. The van der Waals surface area contributed by atoms with Gasteiger partial charge >= 0.3 is 0 Å². The van der Waals surface area contributed by atoms with Gasteiger partial charge in [0.1, 0.15) is 0 Å². The Morgan fingerprint density at radius 1 is 1.04 bits per heavy atom. The van der Waals surface area contributed by atoms with E-state index in [1.54, 1.807) is 0 Å². The van der Waals surface area contributed by atoms with Crippen LogP contribution in [-0.2, 0) is 11.2 Å². The monoisotopic (exact) mass is 305 g/mol. The van der Waals surface area contributed by atoms with Gasteiger partial charge in [0.15, 0.2) is 0 Å². The number of carbonyl (C=O) groups excluding carboxylic acids is 1. The molecule has 2 aromatic carbocycles. The normalized spacial score (nSPS) is 20.7. The van der Waals surface area contributed by atoms with Crippen LogP contribution in [0.25, 0.3) is 0 Å². The number of fused-ring (bicyclic) bond motifs is 1. The molecule has 2 aliphatic rings. The number of rotatable bonds is 2. The summed E-state index contributed by atoms with van der Waals surface area (Å²) in [7, 11) is 0. The molecule has 4 rings (SSSR count). The third kappa shape index (κ3) is 2.56. The predicted octanol–water partition coefficient (Wildman–Crippen LogP) is 4.27. The summed E-state index contributed by atoms with van der Waals surface area (Å²) in [6.07, 6.45) is 4.31. The summed E-state index contributed by atoms with van der Waals surface area (Å²) in [4.78, 5) is 15.1. The van der Waals surface area contributed by atoms with Crippen molar-refractivity contribution in [3.63, 3.8) is 0 Å². The molecule has 2 nitrogen and oxygen atoms in total. The zero-order valence-corrected chi connectivity index (χ0v) is 13.7. The van der Waals surface area contributed by atoms with Crippen molar-refractivity contribution >= 4 is 5.91 Å². The molecule has 118 valence electrons. The van der Waals surface area contributed by atoms with Gasteiger partial charge in [-0.05, 0) is 42.9 Å². The molecule has 23 heavy (non-hydrogen) atoms. The molecule has 1 amide bonds. The number of aryl methyl sites for hydroxylation is 1. The van der Waals surface area contributed by atoms with Crippen LogP contribution < -0.4 is 0 Å². The second kappa shape index (κ2) is 5.84. The molecule has 0 saturated heterocycles. The van der Waals surface area contributed by atoms with Crippen molar-refractivity contribution in [3.8, 4) is 0 Å². The van der Waals surface area contributed by atoms with Gasteiger partial charge in [-0.3, -0.25) is 4.79 Å². The van der Waals surface area contributed by atoms with Crippen LogP contribution in [0.15, 0.2) is 48.5 Å². The van der Waals surface area contributed by atoms with Crippen molar-refractivity contribution in [2.75, 3.05) is 6.54 Å². The second-order valence-corrected chi connectivity index (χ2v) is 6.92. The minimum Gasteiger partial charge on any atom is -0.331 e. The van der Waals surface area contributed by atoms with E-state index in [-0.39, 0.29) is 12.0 Å². The Balaban J connectivity index is 1.76. The highest BCUT2D eigenvalue weighted by atomic mass is 16.2. The second-order valence-electron chi connectivity index (χ2n) is 6.92. The molecule has 0 N–H and O–H groups in total. The van der Waals surface area contributed by atoms with Crippen molar-refractivity contribution in [2.24, 2.45) is 5.92 Å². The molecule has 1 aliphatic heterocycles. The molecule has 1 aliphatic carbocycles. The van der Waals surface area contributed by atoms with Crippen LogP contribution >= 0.6 is 0 Å². The van der Waals surface area contributed by atoms with Gasteiger partial charge in [-0.2, -0.15) is 0 Å². The lowest BCUT2D eigenvalue weighted by Crippen LogP contribution is -2.45. The first-order valence-electron chi connectivity index (χ1n) is 8.69. The minimum absolute atomic E-state index is 0.0775. The highest BCUT2D eigenvalue weighted by Crippen LogP contribution is 2.38. The van der Waals surface area contributed by atoms with E-state index < -0.39 is 0 Å². The Labute approximate surface area is 138 Å². The molecule has 0 aromatic heterocycles. The standard InChI is InChI=1S/C21H23NO/c1-15-9-11-17(12-10-15)20-19-8-3-2-5-16(19)13-14-22(20)21(23)18-6-4-7-18/h2-3,5,8-12,18,20H,4,6-7,13-14H2,1H3. The first-order valence-corrected chi connectivity index (χ1v) is 8.69. The zero-order chi connectivity index (χ0) is 15.8. The van der Waals surface area contributed by atoms with Gasteiger partial charge in [0, 0.05) is 12.5 Å². The van der Waals surface area contributed by atoms with E-state index >= 15 is 0 Å². The molecule has 1 fully saturated rings. The quantitative estimate of drug-likeness (QED) is 0.811. The SMILES string of the molecule is Cc1ccc(C2c3ccccc3CCN2C(=O)C2CCC2)cc1. The Kier molecular flexibility index (Phi) is 3.68. The summed E-state index contributed by atoms with van der Waals surface area (Å²) in [5, 5.41) is 0. The molecule has 2 aromatic rings. The van der Waals surface area contributed by atoms with E-state index in [1.165, 1.54) is 28.7 Å². The molecule has 0 bridgehead atoms. The van der Waals surface area contributed by atoms with Gasteiger partial charge in [-0.1, -0.05) is 60.5 Å².